The Morgan fingerprint density at radius 3 is 3.00 bits per heavy atom. The zero-order chi connectivity index (χ0) is 13.7. The van der Waals surface area contributed by atoms with E-state index in [-0.39, 0.29) is 6.61 Å². The third kappa shape index (κ3) is 4.16. The van der Waals surface area contributed by atoms with E-state index in [0.29, 0.717) is 6.04 Å². The monoisotopic (exact) mass is 280 g/mol. The molecule has 0 spiro atoms. The summed E-state index contributed by atoms with van der Waals surface area (Å²) in [4.78, 5) is 5.58. The van der Waals surface area contributed by atoms with Gasteiger partial charge < -0.3 is 14.8 Å². The molecule has 0 fully saturated rings. The number of hydrogen-bond donors (Lipinski definition) is 2. The SMILES string of the molecule is Cc1ccc(-c2ncc(CNC(C)CCCO)s2)o1. The fourth-order valence-electron chi connectivity index (χ4n) is 1.83. The Bertz CT molecular complexity index is 507. The number of nitrogens with one attached hydrogen (secondary N) is 1. The van der Waals surface area contributed by atoms with Crippen LogP contribution >= 0.6 is 11.3 Å². The second-order valence-corrected chi connectivity index (χ2v) is 5.81. The average molecular weight is 280 g/mol. The third-order valence-corrected chi connectivity index (χ3v) is 3.94. The molecule has 4 nitrogen and oxygen atoms in total. The Balaban J connectivity index is 1.87. The smallest absolute Gasteiger partial charge is 0.162 e. The zero-order valence-electron chi connectivity index (χ0n) is 11.3. The van der Waals surface area contributed by atoms with Crippen LogP contribution in [0.5, 0.6) is 0 Å². The van der Waals surface area contributed by atoms with Gasteiger partial charge in [0.2, 0.25) is 0 Å². The molecule has 5 heteroatoms. The molecule has 104 valence electrons. The van der Waals surface area contributed by atoms with Crippen molar-refractivity contribution in [2.45, 2.75) is 39.3 Å². The van der Waals surface area contributed by atoms with Gasteiger partial charge in [0.05, 0.1) is 0 Å². The largest absolute Gasteiger partial charge is 0.459 e. The molecule has 0 saturated carbocycles. The summed E-state index contributed by atoms with van der Waals surface area (Å²) in [5, 5.41) is 13.1. The first-order valence-electron chi connectivity index (χ1n) is 6.55. The van der Waals surface area contributed by atoms with Gasteiger partial charge in [-0.15, -0.1) is 11.3 Å². The van der Waals surface area contributed by atoms with E-state index in [1.165, 1.54) is 4.88 Å². The summed E-state index contributed by atoms with van der Waals surface area (Å²) in [6.07, 6.45) is 3.72. The maximum atomic E-state index is 8.79. The lowest BCUT2D eigenvalue weighted by Crippen LogP contribution is -2.25. The number of aliphatic hydroxyl groups excluding tert-OH is 1. The molecule has 2 aromatic rings. The van der Waals surface area contributed by atoms with Crippen LogP contribution in [-0.4, -0.2) is 22.7 Å². The molecular weight excluding hydrogens is 260 g/mol. The lowest BCUT2D eigenvalue weighted by molar-refractivity contribution is 0.276. The number of aryl methyl sites for hydroxylation is 1. The molecule has 0 aliphatic rings. The van der Waals surface area contributed by atoms with Crippen LogP contribution in [0.2, 0.25) is 0 Å². The van der Waals surface area contributed by atoms with Crippen LogP contribution in [0.1, 0.15) is 30.4 Å². The van der Waals surface area contributed by atoms with Crippen LogP contribution in [0.15, 0.2) is 22.7 Å². The molecule has 19 heavy (non-hydrogen) atoms. The summed E-state index contributed by atoms with van der Waals surface area (Å²) in [5.74, 6) is 1.74. The van der Waals surface area contributed by atoms with Crippen molar-refractivity contribution >= 4 is 11.3 Å². The van der Waals surface area contributed by atoms with Crippen molar-refractivity contribution in [2.24, 2.45) is 0 Å². The van der Waals surface area contributed by atoms with Gasteiger partial charge in [-0.1, -0.05) is 0 Å². The molecule has 0 radical (unpaired) electrons. The number of rotatable bonds is 7. The van der Waals surface area contributed by atoms with Crippen molar-refractivity contribution in [3.63, 3.8) is 0 Å². The van der Waals surface area contributed by atoms with Crippen molar-refractivity contribution in [1.82, 2.24) is 10.3 Å². The summed E-state index contributed by atoms with van der Waals surface area (Å²) >= 11 is 1.65. The normalized spacial score (nSPS) is 12.8. The van der Waals surface area contributed by atoms with E-state index in [1.54, 1.807) is 11.3 Å². The highest BCUT2D eigenvalue weighted by Crippen LogP contribution is 2.26. The number of furan rings is 1. The van der Waals surface area contributed by atoms with Gasteiger partial charge in [0.1, 0.15) is 5.76 Å². The predicted octanol–water partition coefficient (Wildman–Crippen LogP) is 2.96. The quantitative estimate of drug-likeness (QED) is 0.818. The molecule has 0 amide bonds. The molecule has 2 aromatic heterocycles. The highest BCUT2D eigenvalue weighted by molar-refractivity contribution is 7.14. The summed E-state index contributed by atoms with van der Waals surface area (Å²) < 4.78 is 5.56. The van der Waals surface area contributed by atoms with Gasteiger partial charge in [-0.3, -0.25) is 0 Å². The fraction of sp³-hybridized carbons (Fsp3) is 0.500. The van der Waals surface area contributed by atoms with E-state index in [1.807, 2.05) is 25.3 Å². The first kappa shape index (κ1) is 14.2. The van der Waals surface area contributed by atoms with Crippen LogP contribution in [0.4, 0.5) is 0 Å². The number of thiazole rings is 1. The molecule has 2 rings (SSSR count). The maximum Gasteiger partial charge on any atom is 0.162 e. The molecule has 0 saturated heterocycles. The average Bonchev–Trinajstić information content (AvgIpc) is 3.02. The van der Waals surface area contributed by atoms with E-state index in [4.69, 9.17) is 9.52 Å². The van der Waals surface area contributed by atoms with Crippen LogP contribution < -0.4 is 5.32 Å². The van der Waals surface area contributed by atoms with Gasteiger partial charge in [-0.25, -0.2) is 4.98 Å². The molecule has 2 N–H and O–H groups in total. The highest BCUT2D eigenvalue weighted by atomic mass is 32.1. The van der Waals surface area contributed by atoms with Gasteiger partial charge in [-0.2, -0.15) is 0 Å². The second-order valence-electron chi connectivity index (χ2n) is 4.69. The minimum Gasteiger partial charge on any atom is -0.459 e. The number of nitrogens with zero attached hydrogens (tertiary/aromatic N) is 1. The molecular formula is C14H20N2O2S. The molecule has 0 aliphatic heterocycles. The van der Waals surface area contributed by atoms with Crippen LogP contribution in [0.25, 0.3) is 10.8 Å². The second kappa shape index (κ2) is 6.84. The van der Waals surface area contributed by atoms with Gasteiger partial charge in [0, 0.05) is 30.3 Å². The van der Waals surface area contributed by atoms with Gasteiger partial charge in [0.25, 0.3) is 0 Å². The minimum absolute atomic E-state index is 0.259. The van der Waals surface area contributed by atoms with E-state index in [2.05, 4.69) is 17.2 Å². The Labute approximate surface area is 117 Å². The Morgan fingerprint density at radius 1 is 1.47 bits per heavy atom. The van der Waals surface area contributed by atoms with Gasteiger partial charge in [0.15, 0.2) is 10.8 Å². The van der Waals surface area contributed by atoms with Crippen molar-refractivity contribution in [3.8, 4) is 10.8 Å². The first-order chi connectivity index (χ1) is 9.19. The van der Waals surface area contributed by atoms with Gasteiger partial charge >= 0.3 is 0 Å². The maximum absolute atomic E-state index is 8.79. The molecule has 1 unspecified atom stereocenters. The molecule has 0 aliphatic carbocycles. The summed E-state index contributed by atoms with van der Waals surface area (Å²) in [5.41, 5.74) is 0. The lowest BCUT2D eigenvalue weighted by Gasteiger charge is -2.11. The number of hydrogen-bond acceptors (Lipinski definition) is 5. The van der Waals surface area contributed by atoms with E-state index >= 15 is 0 Å². The van der Waals surface area contributed by atoms with Crippen molar-refractivity contribution < 1.29 is 9.52 Å². The van der Waals surface area contributed by atoms with E-state index in [9.17, 15) is 0 Å². The zero-order valence-corrected chi connectivity index (χ0v) is 12.2. The van der Waals surface area contributed by atoms with Crippen LogP contribution in [-0.2, 0) is 6.54 Å². The van der Waals surface area contributed by atoms with E-state index < -0.39 is 0 Å². The topological polar surface area (TPSA) is 58.3 Å². The summed E-state index contributed by atoms with van der Waals surface area (Å²) in [6.45, 7) is 5.13. The number of aromatic nitrogens is 1. The standard InChI is InChI=1S/C14H20N2O2S/c1-10(4-3-7-17)15-8-12-9-16-14(19-12)13-6-5-11(2)18-13/h5-6,9-10,15,17H,3-4,7-8H2,1-2H3. The van der Waals surface area contributed by atoms with Crippen LogP contribution in [0.3, 0.4) is 0 Å². The molecule has 1 atom stereocenters. The lowest BCUT2D eigenvalue weighted by atomic mass is 10.2. The highest BCUT2D eigenvalue weighted by Gasteiger charge is 2.09. The molecule has 0 bridgehead atoms. The first-order valence-corrected chi connectivity index (χ1v) is 7.36. The van der Waals surface area contributed by atoms with Crippen molar-refractivity contribution in [1.29, 1.82) is 0 Å². The van der Waals surface area contributed by atoms with Crippen LogP contribution in [0, 0.1) is 6.92 Å². The predicted molar refractivity (Wildman–Crippen MR) is 77.2 cm³/mol. The van der Waals surface area contributed by atoms with Crippen molar-refractivity contribution in [3.05, 3.63) is 29.0 Å². The molecule has 0 aromatic carbocycles. The Hall–Kier alpha value is -1.17. The Kier molecular flexibility index (Phi) is 5.13. The third-order valence-electron chi connectivity index (χ3n) is 2.92. The fourth-order valence-corrected chi connectivity index (χ4v) is 2.65. The van der Waals surface area contributed by atoms with E-state index in [0.717, 1.165) is 35.9 Å². The number of aliphatic hydroxyl groups is 1. The minimum atomic E-state index is 0.259. The molecule has 2 heterocycles. The Morgan fingerprint density at radius 2 is 2.32 bits per heavy atom. The summed E-state index contributed by atoms with van der Waals surface area (Å²) in [7, 11) is 0. The van der Waals surface area contributed by atoms with Gasteiger partial charge in [-0.05, 0) is 38.8 Å². The van der Waals surface area contributed by atoms with Crippen molar-refractivity contribution in [2.75, 3.05) is 6.61 Å². The summed E-state index contributed by atoms with van der Waals surface area (Å²) in [6, 6.07) is 4.31.